The zero-order valence-electron chi connectivity index (χ0n) is 15.7. The molecule has 0 aliphatic heterocycles. The lowest BCUT2D eigenvalue weighted by Gasteiger charge is -2.23. The maximum absolute atomic E-state index is 12.3. The van der Waals surface area contributed by atoms with Crippen LogP contribution in [-0.2, 0) is 4.79 Å². The summed E-state index contributed by atoms with van der Waals surface area (Å²) in [5.41, 5.74) is 1.95. The zero-order chi connectivity index (χ0) is 19.6. The van der Waals surface area contributed by atoms with E-state index in [1.165, 1.54) is 12.1 Å². The number of anilines is 1. The second-order valence-corrected chi connectivity index (χ2v) is 6.63. The van der Waals surface area contributed by atoms with Gasteiger partial charge in [0, 0.05) is 37.3 Å². The van der Waals surface area contributed by atoms with Crippen molar-refractivity contribution in [3.63, 3.8) is 0 Å². The van der Waals surface area contributed by atoms with Crippen molar-refractivity contribution in [2.45, 2.75) is 18.9 Å². The molecule has 0 aromatic heterocycles. The summed E-state index contributed by atoms with van der Waals surface area (Å²) in [4.78, 5) is 24.6. The normalized spacial score (nSPS) is 11.8. The van der Waals surface area contributed by atoms with Crippen molar-refractivity contribution >= 4 is 17.3 Å². The SMILES string of the molecule is CN(C)CC(NC(=O)CCCNc1ccc([N+](=O)[O-])cc1)c1ccccc1. The molecule has 2 N–H and O–H groups in total. The molecule has 1 amide bonds. The first-order chi connectivity index (χ1) is 13.0. The first-order valence-electron chi connectivity index (χ1n) is 8.93. The molecule has 0 bridgehead atoms. The van der Waals surface area contributed by atoms with Crippen LogP contribution < -0.4 is 10.6 Å². The monoisotopic (exact) mass is 370 g/mol. The highest BCUT2D eigenvalue weighted by Crippen LogP contribution is 2.16. The van der Waals surface area contributed by atoms with Gasteiger partial charge >= 0.3 is 0 Å². The van der Waals surface area contributed by atoms with Crippen LogP contribution in [-0.4, -0.2) is 42.9 Å². The number of amides is 1. The van der Waals surface area contributed by atoms with Gasteiger partial charge in [-0.05, 0) is 38.2 Å². The largest absolute Gasteiger partial charge is 0.385 e. The molecule has 0 heterocycles. The lowest BCUT2D eigenvalue weighted by Crippen LogP contribution is -2.35. The number of hydrogen-bond acceptors (Lipinski definition) is 5. The fourth-order valence-electron chi connectivity index (χ4n) is 2.73. The average molecular weight is 370 g/mol. The highest BCUT2D eigenvalue weighted by atomic mass is 16.6. The lowest BCUT2D eigenvalue weighted by atomic mass is 10.1. The van der Waals surface area contributed by atoms with Gasteiger partial charge in [0.1, 0.15) is 0 Å². The van der Waals surface area contributed by atoms with Gasteiger partial charge in [-0.3, -0.25) is 14.9 Å². The molecular weight excluding hydrogens is 344 g/mol. The number of rotatable bonds is 10. The predicted octanol–water partition coefficient (Wildman–Crippen LogP) is 3.21. The minimum atomic E-state index is -0.426. The number of nitro groups is 1. The minimum Gasteiger partial charge on any atom is -0.385 e. The van der Waals surface area contributed by atoms with E-state index in [1.807, 2.05) is 49.3 Å². The highest BCUT2D eigenvalue weighted by Gasteiger charge is 2.15. The zero-order valence-corrected chi connectivity index (χ0v) is 15.7. The van der Waals surface area contributed by atoms with Gasteiger partial charge in [-0.2, -0.15) is 0 Å². The molecule has 0 saturated carbocycles. The van der Waals surface area contributed by atoms with Crippen molar-refractivity contribution in [1.29, 1.82) is 0 Å². The number of nitro benzene ring substituents is 1. The molecule has 0 spiro atoms. The number of benzene rings is 2. The van der Waals surface area contributed by atoms with Crippen molar-refractivity contribution in [3.8, 4) is 0 Å². The number of likely N-dealkylation sites (N-methyl/N-ethyl adjacent to an activating group) is 1. The number of hydrogen-bond donors (Lipinski definition) is 2. The fourth-order valence-corrected chi connectivity index (χ4v) is 2.73. The van der Waals surface area contributed by atoms with E-state index in [9.17, 15) is 14.9 Å². The Kier molecular flexibility index (Phi) is 7.76. The number of carbonyl (C=O) groups excluding carboxylic acids is 1. The molecule has 1 atom stereocenters. The van der Waals surface area contributed by atoms with Crippen LogP contribution in [0.25, 0.3) is 0 Å². The number of carbonyl (C=O) groups is 1. The van der Waals surface area contributed by atoms with Crippen molar-refractivity contribution in [3.05, 3.63) is 70.3 Å². The van der Waals surface area contributed by atoms with E-state index in [0.717, 1.165) is 17.8 Å². The van der Waals surface area contributed by atoms with Crippen LogP contribution in [0.2, 0.25) is 0 Å². The second kappa shape index (κ2) is 10.3. The van der Waals surface area contributed by atoms with Gasteiger partial charge in [0.15, 0.2) is 0 Å². The molecule has 7 nitrogen and oxygen atoms in total. The van der Waals surface area contributed by atoms with Gasteiger partial charge < -0.3 is 15.5 Å². The van der Waals surface area contributed by atoms with E-state index in [2.05, 4.69) is 10.6 Å². The van der Waals surface area contributed by atoms with E-state index < -0.39 is 4.92 Å². The van der Waals surface area contributed by atoms with Gasteiger partial charge in [0.05, 0.1) is 11.0 Å². The summed E-state index contributed by atoms with van der Waals surface area (Å²) in [6.07, 6.45) is 1.09. The van der Waals surface area contributed by atoms with E-state index >= 15 is 0 Å². The van der Waals surface area contributed by atoms with Crippen LogP contribution in [0.4, 0.5) is 11.4 Å². The van der Waals surface area contributed by atoms with Crippen LogP contribution in [0.15, 0.2) is 54.6 Å². The second-order valence-electron chi connectivity index (χ2n) is 6.63. The summed E-state index contributed by atoms with van der Waals surface area (Å²) in [5, 5.41) is 16.9. The molecule has 0 aliphatic carbocycles. The topological polar surface area (TPSA) is 87.5 Å². The van der Waals surface area contributed by atoms with E-state index in [4.69, 9.17) is 0 Å². The Labute approximate surface area is 159 Å². The highest BCUT2D eigenvalue weighted by molar-refractivity contribution is 5.76. The third-order valence-corrected chi connectivity index (χ3v) is 4.07. The summed E-state index contributed by atoms with van der Waals surface area (Å²) in [6.45, 7) is 1.35. The van der Waals surface area contributed by atoms with Gasteiger partial charge in [-0.1, -0.05) is 30.3 Å². The molecule has 2 aromatic carbocycles. The van der Waals surface area contributed by atoms with Gasteiger partial charge in [0.25, 0.3) is 5.69 Å². The molecule has 1 unspecified atom stereocenters. The van der Waals surface area contributed by atoms with Crippen LogP contribution in [0, 0.1) is 10.1 Å². The summed E-state index contributed by atoms with van der Waals surface area (Å²) in [7, 11) is 3.96. The molecular formula is C20H26N4O3. The Morgan fingerprint density at radius 2 is 1.78 bits per heavy atom. The third-order valence-electron chi connectivity index (χ3n) is 4.07. The van der Waals surface area contributed by atoms with Crippen LogP contribution in [0.3, 0.4) is 0 Å². The maximum atomic E-state index is 12.3. The summed E-state index contributed by atoms with van der Waals surface area (Å²) < 4.78 is 0. The van der Waals surface area contributed by atoms with Crippen molar-refractivity contribution in [2.24, 2.45) is 0 Å². The van der Waals surface area contributed by atoms with Gasteiger partial charge in [-0.15, -0.1) is 0 Å². The third kappa shape index (κ3) is 7.07. The van der Waals surface area contributed by atoms with Crippen LogP contribution >= 0.6 is 0 Å². The predicted molar refractivity (Wildman–Crippen MR) is 107 cm³/mol. The Hall–Kier alpha value is -2.93. The average Bonchev–Trinajstić information content (AvgIpc) is 2.65. The summed E-state index contributed by atoms with van der Waals surface area (Å²) >= 11 is 0. The molecule has 0 fully saturated rings. The van der Waals surface area contributed by atoms with E-state index in [1.54, 1.807) is 12.1 Å². The number of nitrogens with one attached hydrogen (secondary N) is 2. The molecule has 0 radical (unpaired) electrons. The maximum Gasteiger partial charge on any atom is 0.269 e. The van der Waals surface area contributed by atoms with Gasteiger partial charge in [0.2, 0.25) is 5.91 Å². The smallest absolute Gasteiger partial charge is 0.269 e. The first kappa shape index (κ1) is 20.4. The molecule has 0 saturated heterocycles. The standard InChI is InChI=1S/C20H26N4O3/c1-23(2)15-19(16-7-4-3-5-8-16)22-20(25)9-6-14-21-17-10-12-18(13-11-17)24(26)27/h3-5,7-8,10-13,19,21H,6,9,14-15H2,1-2H3,(H,22,25). The Balaban J connectivity index is 1.77. The Bertz CT molecular complexity index is 733. The van der Waals surface area contributed by atoms with Crippen LogP contribution in [0.1, 0.15) is 24.4 Å². The summed E-state index contributed by atoms with van der Waals surface area (Å²) in [6, 6.07) is 16.1. The molecule has 144 valence electrons. The van der Waals surface area contributed by atoms with Gasteiger partial charge in [-0.25, -0.2) is 0 Å². The lowest BCUT2D eigenvalue weighted by molar-refractivity contribution is -0.384. The molecule has 2 aromatic rings. The van der Waals surface area contributed by atoms with Crippen LogP contribution in [0.5, 0.6) is 0 Å². The van der Waals surface area contributed by atoms with Crippen molar-refractivity contribution < 1.29 is 9.72 Å². The quantitative estimate of drug-likeness (QED) is 0.381. The minimum absolute atomic E-state index is 0.0104. The van der Waals surface area contributed by atoms with E-state index in [0.29, 0.717) is 19.4 Å². The van der Waals surface area contributed by atoms with Crippen molar-refractivity contribution in [1.82, 2.24) is 10.2 Å². The van der Waals surface area contributed by atoms with E-state index in [-0.39, 0.29) is 17.6 Å². The Morgan fingerprint density at radius 3 is 2.37 bits per heavy atom. The molecule has 0 aliphatic rings. The van der Waals surface area contributed by atoms with Crippen molar-refractivity contribution in [2.75, 3.05) is 32.5 Å². The summed E-state index contributed by atoms with van der Waals surface area (Å²) in [5.74, 6) is 0.0104. The number of nitrogens with zero attached hydrogens (tertiary/aromatic N) is 2. The Morgan fingerprint density at radius 1 is 1.11 bits per heavy atom. The fraction of sp³-hybridized carbons (Fsp3) is 0.350. The molecule has 2 rings (SSSR count). The molecule has 7 heteroatoms. The molecule has 27 heavy (non-hydrogen) atoms. The first-order valence-corrected chi connectivity index (χ1v) is 8.93. The number of non-ortho nitro benzene ring substituents is 1.